The number of hydrogen-bond acceptors (Lipinski definition) is 3. The van der Waals surface area contributed by atoms with Crippen molar-refractivity contribution in [1.29, 1.82) is 0 Å². The Morgan fingerprint density at radius 1 is 1.13 bits per heavy atom. The molecule has 2 aromatic rings. The number of aliphatic hydroxyl groups excluding tert-OH is 1. The van der Waals surface area contributed by atoms with Crippen molar-refractivity contribution in [3.63, 3.8) is 0 Å². The van der Waals surface area contributed by atoms with E-state index in [0.717, 1.165) is 20.1 Å². The minimum absolute atomic E-state index is 0.348. The molecule has 3 rings (SSSR count). The lowest BCUT2D eigenvalue weighted by molar-refractivity contribution is 0.0954. The first-order valence-corrected chi connectivity index (χ1v) is 8.43. The molecule has 1 aliphatic carbocycles. The monoisotopic (exact) mass is 434 g/mol. The number of benzene rings is 2. The van der Waals surface area contributed by atoms with Crippen molar-refractivity contribution >= 4 is 49.6 Å². The number of fused-ring (bicyclic) bond motifs is 1. The van der Waals surface area contributed by atoms with Gasteiger partial charge in [0.15, 0.2) is 0 Å². The molecule has 1 amide bonds. The van der Waals surface area contributed by atoms with E-state index < -0.39 is 6.10 Å². The second kappa shape index (κ2) is 6.78. The second-order valence-electron chi connectivity index (χ2n) is 4.99. The molecule has 0 spiro atoms. The molecule has 1 unspecified atom stereocenters. The molecule has 6 heteroatoms. The summed E-state index contributed by atoms with van der Waals surface area (Å²) >= 11 is 6.69. The van der Waals surface area contributed by atoms with Gasteiger partial charge in [0.2, 0.25) is 0 Å². The molecule has 0 radical (unpaired) electrons. The van der Waals surface area contributed by atoms with Crippen LogP contribution in [-0.4, -0.2) is 22.8 Å². The van der Waals surface area contributed by atoms with Crippen LogP contribution in [0.25, 0.3) is 6.08 Å². The fourth-order valence-electron chi connectivity index (χ4n) is 2.31. The number of rotatable bonds is 2. The summed E-state index contributed by atoms with van der Waals surface area (Å²) in [5.74, 6) is -0.348. The highest BCUT2D eigenvalue weighted by atomic mass is 79.9. The maximum absolute atomic E-state index is 12.3. The number of aliphatic hydroxyl groups is 1. The predicted molar refractivity (Wildman–Crippen MR) is 97.3 cm³/mol. The van der Waals surface area contributed by atoms with E-state index >= 15 is 0 Å². The van der Waals surface area contributed by atoms with Crippen LogP contribution < -0.4 is 5.43 Å². The summed E-state index contributed by atoms with van der Waals surface area (Å²) in [5.41, 5.74) is 5.15. The largest absolute Gasteiger partial charge is 0.383 e. The number of nitrogens with one attached hydrogen (secondary N) is 1. The van der Waals surface area contributed by atoms with Gasteiger partial charge in [0.05, 0.1) is 0 Å². The average Bonchev–Trinajstić information content (AvgIpc) is 2.52. The minimum Gasteiger partial charge on any atom is -0.383 e. The number of hydrazone groups is 1. The van der Waals surface area contributed by atoms with E-state index in [-0.39, 0.29) is 5.91 Å². The highest BCUT2D eigenvalue weighted by Gasteiger charge is 2.19. The Kier molecular flexibility index (Phi) is 4.75. The molecule has 0 bridgehead atoms. The molecule has 0 saturated heterocycles. The van der Waals surface area contributed by atoms with E-state index in [9.17, 15) is 9.90 Å². The summed E-state index contributed by atoms with van der Waals surface area (Å²) in [4.78, 5) is 12.3. The van der Waals surface area contributed by atoms with Gasteiger partial charge in [-0.15, -0.1) is 0 Å². The third-order valence-electron chi connectivity index (χ3n) is 3.38. The van der Waals surface area contributed by atoms with Gasteiger partial charge >= 0.3 is 0 Å². The molecule has 0 aromatic heterocycles. The highest BCUT2D eigenvalue weighted by Crippen LogP contribution is 2.21. The summed E-state index contributed by atoms with van der Waals surface area (Å²) < 4.78 is 1.58. The summed E-state index contributed by atoms with van der Waals surface area (Å²) in [6, 6.07) is 12.8. The molecule has 1 atom stereocenters. The van der Waals surface area contributed by atoms with E-state index in [0.29, 0.717) is 11.3 Å². The maximum atomic E-state index is 12.3. The van der Waals surface area contributed by atoms with Crippen LogP contribution in [0, 0.1) is 0 Å². The zero-order valence-corrected chi connectivity index (χ0v) is 15.0. The predicted octanol–water partition coefficient (Wildman–Crippen LogP) is 3.73. The molecule has 2 N–H and O–H groups in total. The van der Waals surface area contributed by atoms with Crippen LogP contribution in [-0.2, 0) is 0 Å². The van der Waals surface area contributed by atoms with Gasteiger partial charge in [-0.05, 0) is 29.8 Å². The molecule has 0 fully saturated rings. The van der Waals surface area contributed by atoms with Crippen LogP contribution >= 0.6 is 31.9 Å². The summed E-state index contributed by atoms with van der Waals surface area (Å²) in [6.07, 6.45) is 2.63. The standard InChI is InChI=1S/C17H12Br2N2O2/c18-12-7-11(8-13(19)9-12)17(23)21-20-16-14-4-2-1-3-10(14)5-6-15(16)22/h1-9,15,22H,(H,21,23)/b20-16-. The molecule has 23 heavy (non-hydrogen) atoms. The van der Waals surface area contributed by atoms with Crippen molar-refractivity contribution in [1.82, 2.24) is 5.43 Å². The summed E-state index contributed by atoms with van der Waals surface area (Å²) in [7, 11) is 0. The Balaban J connectivity index is 1.87. The number of carbonyl (C=O) groups is 1. The smallest absolute Gasteiger partial charge is 0.271 e. The first kappa shape index (κ1) is 16.1. The van der Waals surface area contributed by atoms with Crippen molar-refractivity contribution in [3.05, 3.63) is 74.2 Å². The van der Waals surface area contributed by atoms with E-state index in [4.69, 9.17) is 0 Å². The zero-order chi connectivity index (χ0) is 16.4. The van der Waals surface area contributed by atoms with Crippen molar-refractivity contribution in [2.75, 3.05) is 0 Å². The molecule has 2 aromatic carbocycles. The molecule has 0 saturated carbocycles. The Hall–Kier alpha value is -1.76. The van der Waals surface area contributed by atoms with Crippen molar-refractivity contribution < 1.29 is 9.90 Å². The highest BCUT2D eigenvalue weighted by molar-refractivity contribution is 9.11. The number of halogens is 2. The van der Waals surface area contributed by atoms with Crippen molar-refractivity contribution in [2.45, 2.75) is 6.10 Å². The van der Waals surface area contributed by atoms with E-state index in [1.54, 1.807) is 18.2 Å². The van der Waals surface area contributed by atoms with Crippen molar-refractivity contribution in [3.8, 4) is 0 Å². The average molecular weight is 436 g/mol. The SMILES string of the molecule is O=C(N/N=C1/c2ccccc2C=CC1O)c1cc(Br)cc(Br)c1. The van der Waals surface area contributed by atoms with Gasteiger partial charge in [-0.2, -0.15) is 5.10 Å². The number of nitrogens with zero attached hydrogens (tertiary/aromatic N) is 1. The number of carbonyl (C=O) groups excluding carboxylic acids is 1. The van der Waals surface area contributed by atoms with Gasteiger partial charge in [-0.1, -0.05) is 62.2 Å². The fraction of sp³-hybridized carbons (Fsp3) is 0.0588. The summed E-state index contributed by atoms with van der Waals surface area (Å²) in [6.45, 7) is 0. The molecule has 1 aliphatic rings. The van der Waals surface area contributed by atoms with Crippen LogP contribution in [0.4, 0.5) is 0 Å². The Morgan fingerprint density at radius 2 is 1.83 bits per heavy atom. The molecule has 116 valence electrons. The van der Waals surface area contributed by atoms with Crippen LogP contribution in [0.1, 0.15) is 21.5 Å². The van der Waals surface area contributed by atoms with Gasteiger partial charge < -0.3 is 5.11 Å². The van der Waals surface area contributed by atoms with Crippen molar-refractivity contribution in [2.24, 2.45) is 5.10 Å². The van der Waals surface area contributed by atoms with Crippen LogP contribution in [0.15, 0.2) is 62.6 Å². The summed E-state index contributed by atoms with van der Waals surface area (Å²) in [5, 5.41) is 14.2. The van der Waals surface area contributed by atoms with Gasteiger partial charge in [0.25, 0.3) is 5.91 Å². The van der Waals surface area contributed by atoms with E-state index in [2.05, 4.69) is 42.4 Å². The molecule has 4 nitrogen and oxygen atoms in total. The van der Waals surface area contributed by atoms with Gasteiger partial charge in [-0.25, -0.2) is 5.43 Å². The van der Waals surface area contributed by atoms with Gasteiger partial charge in [0.1, 0.15) is 11.8 Å². The fourth-order valence-corrected chi connectivity index (χ4v) is 3.60. The lowest BCUT2D eigenvalue weighted by Crippen LogP contribution is -2.28. The third kappa shape index (κ3) is 3.60. The van der Waals surface area contributed by atoms with E-state index in [1.165, 1.54) is 0 Å². The zero-order valence-electron chi connectivity index (χ0n) is 11.8. The second-order valence-corrected chi connectivity index (χ2v) is 6.82. The lowest BCUT2D eigenvalue weighted by Gasteiger charge is -2.17. The Morgan fingerprint density at radius 3 is 2.57 bits per heavy atom. The topological polar surface area (TPSA) is 61.7 Å². The molecule has 0 aliphatic heterocycles. The Bertz CT molecular complexity index is 811. The third-order valence-corrected chi connectivity index (χ3v) is 4.29. The number of hydrogen-bond donors (Lipinski definition) is 2. The molecule has 0 heterocycles. The lowest BCUT2D eigenvalue weighted by atomic mass is 9.94. The number of amides is 1. The normalized spacial score (nSPS) is 17.9. The molecular formula is C17H12Br2N2O2. The first-order chi connectivity index (χ1) is 11.0. The van der Waals surface area contributed by atoms with Gasteiger partial charge in [-0.3, -0.25) is 4.79 Å². The van der Waals surface area contributed by atoms with Gasteiger partial charge in [0, 0.05) is 20.1 Å². The maximum Gasteiger partial charge on any atom is 0.271 e. The van der Waals surface area contributed by atoms with E-state index in [1.807, 2.05) is 36.4 Å². The van der Waals surface area contributed by atoms with Crippen LogP contribution in [0.3, 0.4) is 0 Å². The minimum atomic E-state index is -0.848. The quantitative estimate of drug-likeness (QED) is 0.706. The van der Waals surface area contributed by atoms with Crippen LogP contribution in [0.5, 0.6) is 0 Å². The van der Waals surface area contributed by atoms with Crippen LogP contribution in [0.2, 0.25) is 0 Å². The first-order valence-electron chi connectivity index (χ1n) is 6.84. The Labute approximate surface area is 150 Å². The molecular weight excluding hydrogens is 424 g/mol.